The minimum absolute atomic E-state index is 0.389. The third kappa shape index (κ3) is 1.67. The number of benzene rings is 1. The van der Waals surface area contributed by atoms with Gasteiger partial charge >= 0.3 is 0 Å². The molecular weight excluding hydrogens is 218 g/mol. The highest BCUT2D eigenvalue weighted by Crippen LogP contribution is 2.47. The van der Waals surface area contributed by atoms with Crippen molar-refractivity contribution >= 4 is 17.4 Å². The van der Waals surface area contributed by atoms with Crippen LogP contribution in [-0.4, -0.2) is 17.4 Å². The quantitative estimate of drug-likeness (QED) is 0.675. The van der Waals surface area contributed by atoms with Gasteiger partial charge in [-0.25, -0.2) is 0 Å². The van der Waals surface area contributed by atoms with E-state index in [2.05, 4.69) is 11.4 Å². The molecule has 1 aliphatic heterocycles. The van der Waals surface area contributed by atoms with Crippen molar-refractivity contribution in [2.45, 2.75) is 30.6 Å². The van der Waals surface area contributed by atoms with Crippen molar-refractivity contribution in [1.29, 1.82) is 0 Å². The second-order valence-corrected chi connectivity index (χ2v) is 6.02. The van der Waals surface area contributed by atoms with Crippen molar-refractivity contribution in [3.05, 3.63) is 18.2 Å². The fourth-order valence-corrected chi connectivity index (χ4v) is 4.17. The van der Waals surface area contributed by atoms with Crippen molar-refractivity contribution in [2.24, 2.45) is 5.41 Å². The highest BCUT2D eigenvalue weighted by Gasteiger charge is 2.35. The van der Waals surface area contributed by atoms with Gasteiger partial charge in [0.1, 0.15) is 5.75 Å². The van der Waals surface area contributed by atoms with E-state index in [1.165, 1.54) is 36.3 Å². The molecule has 1 aromatic rings. The van der Waals surface area contributed by atoms with E-state index in [0.29, 0.717) is 11.2 Å². The summed E-state index contributed by atoms with van der Waals surface area (Å²) < 4.78 is 0. The standard InChI is InChI=1S/C13H17NOS/c15-10-4-3-5-11-12(10)14-8-13(9-16-11)6-1-2-7-13/h3-5,14-15H,1-2,6-9H2. The first-order valence-corrected chi connectivity index (χ1v) is 6.96. The van der Waals surface area contributed by atoms with Gasteiger partial charge in [0.05, 0.1) is 5.69 Å². The Morgan fingerprint density at radius 2 is 2.06 bits per heavy atom. The molecule has 1 aliphatic carbocycles. The first kappa shape index (κ1) is 10.3. The van der Waals surface area contributed by atoms with E-state index >= 15 is 0 Å². The van der Waals surface area contributed by atoms with Crippen LogP contribution >= 0.6 is 11.8 Å². The molecule has 2 aliphatic rings. The lowest BCUT2D eigenvalue weighted by atomic mass is 9.88. The van der Waals surface area contributed by atoms with Crippen LogP contribution in [-0.2, 0) is 0 Å². The Morgan fingerprint density at radius 3 is 2.88 bits per heavy atom. The van der Waals surface area contributed by atoms with E-state index in [4.69, 9.17) is 0 Å². The van der Waals surface area contributed by atoms with E-state index in [0.717, 1.165) is 12.2 Å². The van der Waals surface area contributed by atoms with Crippen LogP contribution < -0.4 is 5.32 Å². The SMILES string of the molecule is Oc1cccc2c1NCC1(CCCC1)CS2. The van der Waals surface area contributed by atoms with Gasteiger partial charge in [0.15, 0.2) is 0 Å². The van der Waals surface area contributed by atoms with Crippen molar-refractivity contribution in [2.75, 3.05) is 17.6 Å². The maximum atomic E-state index is 9.84. The van der Waals surface area contributed by atoms with E-state index in [1.54, 1.807) is 6.07 Å². The van der Waals surface area contributed by atoms with Crippen LogP contribution in [0.4, 0.5) is 5.69 Å². The molecule has 3 heteroatoms. The summed E-state index contributed by atoms with van der Waals surface area (Å²) in [6.07, 6.45) is 5.40. The number of anilines is 1. The lowest BCUT2D eigenvalue weighted by Gasteiger charge is -2.26. The van der Waals surface area contributed by atoms with Gasteiger partial charge in [-0.3, -0.25) is 0 Å². The van der Waals surface area contributed by atoms with Crippen molar-refractivity contribution in [3.8, 4) is 5.75 Å². The van der Waals surface area contributed by atoms with E-state index in [1.807, 2.05) is 17.8 Å². The lowest BCUT2D eigenvalue weighted by Crippen LogP contribution is -2.27. The zero-order valence-electron chi connectivity index (χ0n) is 9.33. The molecule has 1 fully saturated rings. The third-order valence-corrected chi connectivity index (χ3v) is 5.25. The number of fused-ring (bicyclic) bond motifs is 1. The second-order valence-electron chi connectivity index (χ2n) is 5.00. The number of phenols is 1. The fraction of sp³-hybridized carbons (Fsp3) is 0.538. The first-order chi connectivity index (χ1) is 7.79. The number of thioether (sulfide) groups is 1. The van der Waals surface area contributed by atoms with Crippen LogP contribution in [0.3, 0.4) is 0 Å². The zero-order valence-corrected chi connectivity index (χ0v) is 10.1. The molecular formula is C13H17NOS. The van der Waals surface area contributed by atoms with Crippen LogP contribution in [0.5, 0.6) is 5.75 Å². The van der Waals surface area contributed by atoms with Crippen LogP contribution in [0.15, 0.2) is 23.1 Å². The van der Waals surface area contributed by atoms with Gasteiger partial charge in [0.2, 0.25) is 0 Å². The van der Waals surface area contributed by atoms with Crippen LogP contribution in [0.2, 0.25) is 0 Å². The molecule has 0 atom stereocenters. The van der Waals surface area contributed by atoms with Gasteiger partial charge in [0.25, 0.3) is 0 Å². The summed E-state index contributed by atoms with van der Waals surface area (Å²) >= 11 is 1.90. The Labute approximate surface area is 100 Å². The summed E-state index contributed by atoms with van der Waals surface area (Å²) in [6.45, 7) is 1.02. The van der Waals surface area contributed by atoms with Gasteiger partial charge in [-0.05, 0) is 30.4 Å². The largest absolute Gasteiger partial charge is 0.506 e. The van der Waals surface area contributed by atoms with E-state index in [9.17, 15) is 5.11 Å². The Bertz CT molecular complexity index is 399. The van der Waals surface area contributed by atoms with Gasteiger partial charge in [-0.2, -0.15) is 0 Å². The summed E-state index contributed by atoms with van der Waals surface area (Å²) in [5.41, 5.74) is 1.41. The maximum Gasteiger partial charge on any atom is 0.139 e. The fourth-order valence-electron chi connectivity index (χ4n) is 2.82. The predicted octanol–water partition coefficient (Wildman–Crippen LogP) is 3.47. The Balaban J connectivity index is 1.89. The van der Waals surface area contributed by atoms with Gasteiger partial charge in [0, 0.05) is 17.2 Å². The van der Waals surface area contributed by atoms with Gasteiger partial charge in [-0.1, -0.05) is 18.9 Å². The van der Waals surface area contributed by atoms with E-state index in [-0.39, 0.29) is 0 Å². The molecule has 0 unspecified atom stereocenters. The maximum absolute atomic E-state index is 9.84. The van der Waals surface area contributed by atoms with Crippen LogP contribution in [0.1, 0.15) is 25.7 Å². The monoisotopic (exact) mass is 235 g/mol. The molecule has 0 amide bonds. The van der Waals surface area contributed by atoms with E-state index < -0.39 is 0 Å². The number of phenolic OH excluding ortho intramolecular Hbond substituents is 1. The van der Waals surface area contributed by atoms with Gasteiger partial charge < -0.3 is 10.4 Å². The molecule has 1 heterocycles. The highest BCUT2D eigenvalue weighted by molar-refractivity contribution is 7.99. The smallest absolute Gasteiger partial charge is 0.139 e. The van der Waals surface area contributed by atoms with Crippen LogP contribution in [0.25, 0.3) is 0 Å². The number of para-hydroxylation sites is 1. The predicted molar refractivity (Wildman–Crippen MR) is 68.2 cm³/mol. The Kier molecular flexibility index (Phi) is 2.51. The molecule has 1 aromatic carbocycles. The topological polar surface area (TPSA) is 32.3 Å². The van der Waals surface area contributed by atoms with Crippen LogP contribution in [0, 0.1) is 5.41 Å². The first-order valence-electron chi connectivity index (χ1n) is 5.98. The van der Waals surface area contributed by atoms with Crippen molar-refractivity contribution < 1.29 is 5.11 Å². The average Bonchev–Trinajstić information content (AvgIpc) is 2.65. The zero-order chi connectivity index (χ0) is 11.0. The number of aromatic hydroxyl groups is 1. The van der Waals surface area contributed by atoms with Gasteiger partial charge in [-0.15, -0.1) is 11.8 Å². The lowest BCUT2D eigenvalue weighted by molar-refractivity contribution is 0.372. The normalized spacial score (nSPS) is 22.5. The molecule has 0 saturated heterocycles. The summed E-state index contributed by atoms with van der Waals surface area (Å²) in [5.74, 6) is 1.58. The molecule has 3 rings (SSSR count). The molecule has 16 heavy (non-hydrogen) atoms. The summed E-state index contributed by atoms with van der Waals surface area (Å²) in [7, 11) is 0. The molecule has 1 saturated carbocycles. The van der Waals surface area contributed by atoms with Crippen molar-refractivity contribution in [1.82, 2.24) is 0 Å². The molecule has 0 bridgehead atoms. The molecule has 1 spiro atoms. The number of nitrogens with one attached hydrogen (secondary N) is 1. The highest BCUT2D eigenvalue weighted by atomic mass is 32.2. The summed E-state index contributed by atoms with van der Waals surface area (Å²) in [6, 6.07) is 5.79. The van der Waals surface area contributed by atoms with Crippen molar-refractivity contribution in [3.63, 3.8) is 0 Å². The average molecular weight is 235 g/mol. The Hall–Kier alpha value is -0.830. The number of hydrogen-bond acceptors (Lipinski definition) is 3. The second kappa shape index (κ2) is 3.88. The molecule has 86 valence electrons. The number of hydrogen-bond donors (Lipinski definition) is 2. The Morgan fingerprint density at radius 1 is 1.25 bits per heavy atom. The minimum atomic E-state index is 0.389. The minimum Gasteiger partial charge on any atom is -0.506 e. The third-order valence-electron chi connectivity index (χ3n) is 3.84. The summed E-state index contributed by atoms with van der Waals surface area (Å²) in [5, 5.41) is 13.3. The molecule has 2 N–H and O–H groups in total. The summed E-state index contributed by atoms with van der Waals surface area (Å²) in [4.78, 5) is 1.20. The molecule has 2 nitrogen and oxygen atoms in total. The number of rotatable bonds is 0. The molecule has 0 aromatic heterocycles. The molecule has 0 radical (unpaired) electrons.